The van der Waals surface area contributed by atoms with Gasteiger partial charge < -0.3 is 14.4 Å². The number of hydrogen-bond donors (Lipinski definition) is 1. The maximum absolute atomic E-state index is 12.4. The lowest BCUT2D eigenvalue weighted by Crippen LogP contribution is -2.27. The number of sulfonamides is 1. The molecular weight excluding hydrogens is 332 g/mol. The average Bonchev–Trinajstić information content (AvgIpc) is 3.08. The van der Waals surface area contributed by atoms with E-state index in [1.807, 2.05) is 0 Å². The van der Waals surface area contributed by atoms with Crippen molar-refractivity contribution in [2.24, 2.45) is 0 Å². The Morgan fingerprint density at radius 1 is 1.21 bits per heavy atom. The molecule has 134 valence electrons. The topological polar surface area (TPSA) is 84.9 Å². The predicted molar refractivity (Wildman–Crippen MR) is 91.7 cm³/mol. The largest absolute Gasteiger partial charge is 0.382 e. The monoisotopic (exact) mass is 356 g/mol. The number of benzene rings is 1. The highest BCUT2D eigenvalue weighted by molar-refractivity contribution is 7.92. The summed E-state index contributed by atoms with van der Waals surface area (Å²) in [5, 5.41) is 0. The predicted octanol–water partition coefficient (Wildman–Crippen LogP) is 1.33. The van der Waals surface area contributed by atoms with Gasteiger partial charge in [0.2, 0.25) is 10.0 Å². The number of carbonyl (C=O) groups excluding carboxylic acids is 1. The number of anilines is 1. The zero-order chi connectivity index (χ0) is 17.4. The second-order valence-electron chi connectivity index (χ2n) is 5.61. The van der Waals surface area contributed by atoms with Crippen LogP contribution in [0.3, 0.4) is 0 Å². The SMILES string of the molecule is COCCOCCS(=O)(=O)Nc1cccc(C(=O)N2CCCC2)c1. The maximum Gasteiger partial charge on any atom is 0.253 e. The van der Waals surface area contributed by atoms with Crippen molar-refractivity contribution >= 4 is 21.6 Å². The number of hydrogen-bond acceptors (Lipinski definition) is 5. The normalized spacial score (nSPS) is 14.8. The van der Waals surface area contributed by atoms with Crippen molar-refractivity contribution in [3.63, 3.8) is 0 Å². The first-order valence-electron chi connectivity index (χ1n) is 7.98. The minimum absolute atomic E-state index is 0.0588. The van der Waals surface area contributed by atoms with E-state index in [1.165, 1.54) is 0 Å². The van der Waals surface area contributed by atoms with E-state index in [2.05, 4.69) is 4.72 Å². The van der Waals surface area contributed by atoms with E-state index in [4.69, 9.17) is 9.47 Å². The minimum atomic E-state index is -3.52. The Kier molecular flexibility index (Phi) is 7.01. The molecule has 0 atom stereocenters. The molecule has 1 amide bonds. The Labute approximate surface area is 143 Å². The van der Waals surface area contributed by atoms with Crippen molar-refractivity contribution in [3.8, 4) is 0 Å². The van der Waals surface area contributed by atoms with Crippen LogP contribution in [0, 0.1) is 0 Å². The van der Waals surface area contributed by atoms with E-state index < -0.39 is 10.0 Å². The van der Waals surface area contributed by atoms with Crippen LogP contribution in [-0.4, -0.2) is 65.0 Å². The van der Waals surface area contributed by atoms with E-state index in [-0.39, 0.29) is 18.3 Å². The molecule has 0 saturated carbocycles. The first-order chi connectivity index (χ1) is 11.5. The fraction of sp³-hybridized carbons (Fsp3) is 0.562. The van der Waals surface area contributed by atoms with Crippen LogP contribution in [-0.2, 0) is 19.5 Å². The van der Waals surface area contributed by atoms with E-state index in [0.29, 0.717) is 24.5 Å². The summed E-state index contributed by atoms with van der Waals surface area (Å²) >= 11 is 0. The van der Waals surface area contributed by atoms with Crippen molar-refractivity contribution in [2.45, 2.75) is 12.8 Å². The molecule has 0 spiro atoms. The summed E-state index contributed by atoms with van der Waals surface area (Å²) in [5.41, 5.74) is 0.880. The molecule has 7 nitrogen and oxygen atoms in total. The van der Waals surface area contributed by atoms with E-state index in [1.54, 1.807) is 36.3 Å². The van der Waals surface area contributed by atoms with Gasteiger partial charge >= 0.3 is 0 Å². The highest BCUT2D eigenvalue weighted by atomic mass is 32.2. The highest BCUT2D eigenvalue weighted by Crippen LogP contribution is 2.17. The molecule has 1 aliphatic rings. The van der Waals surface area contributed by atoms with Gasteiger partial charge in [0.1, 0.15) is 0 Å². The first kappa shape index (κ1) is 18.7. The van der Waals surface area contributed by atoms with Gasteiger partial charge in [-0.2, -0.15) is 0 Å². The number of carbonyl (C=O) groups is 1. The molecule has 1 N–H and O–H groups in total. The number of methoxy groups -OCH3 is 1. The van der Waals surface area contributed by atoms with Crippen molar-refractivity contribution in [3.05, 3.63) is 29.8 Å². The summed E-state index contributed by atoms with van der Waals surface area (Å²) in [6, 6.07) is 6.58. The summed E-state index contributed by atoms with van der Waals surface area (Å²) in [4.78, 5) is 14.1. The van der Waals surface area contributed by atoms with Crippen LogP contribution in [0.15, 0.2) is 24.3 Å². The van der Waals surface area contributed by atoms with Gasteiger partial charge in [-0.3, -0.25) is 9.52 Å². The van der Waals surface area contributed by atoms with Crippen molar-refractivity contribution in [2.75, 3.05) is 50.5 Å². The van der Waals surface area contributed by atoms with Crippen molar-refractivity contribution in [1.82, 2.24) is 4.90 Å². The Balaban J connectivity index is 1.92. The second-order valence-corrected chi connectivity index (χ2v) is 7.45. The van der Waals surface area contributed by atoms with Crippen LogP contribution in [0.1, 0.15) is 23.2 Å². The van der Waals surface area contributed by atoms with Crippen molar-refractivity contribution in [1.29, 1.82) is 0 Å². The van der Waals surface area contributed by atoms with Crippen molar-refractivity contribution < 1.29 is 22.7 Å². The number of likely N-dealkylation sites (tertiary alicyclic amines) is 1. The number of amides is 1. The van der Waals surface area contributed by atoms with Gasteiger partial charge in [-0.05, 0) is 31.0 Å². The molecule has 0 bridgehead atoms. The van der Waals surface area contributed by atoms with Gasteiger partial charge in [0.25, 0.3) is 5.91 Å². The number of nitrogens with zero attached hydrogens (tertiary/aromatic N) is 1. The maximum atomic E-state index is 12.4. The molecular formula is C16H24N2O5S. The van der Waals surface area contributed by atoms with Gasteiger partial charge in [0, 0.05) is 31.5 Å². The molecule has 1 aliphatic heterocycles. The number of rotatable bonds is 9. The van der Waals surface area contributed by atoms with Gasteiger partial charge in [-0.1, -0.05) is 6.07 Å². The third-order valence-electron chi connectivity index (χ3n) is 3.70. The molecule has 0 aliphatic carbocycles. The molecule has 0 radical (unpaired) electrons. The third kappa shape index (κ3) is 5.77. The lowest BCUT2D eigenvalue weighted by Gasteiger charge is -2.16. The van der Waals surface area contributed by atoms with Gasteiger partial charge in [0.15, 0.2) is 0 Å². The van der Waals surface area contributed by atoms with Crippen LogP contribution >= 0.6 is 0 Å². The number of ether oxygens (including phenoxy) is 2. The fourth-order valence-electron chi connectivity index (χ4n) is 2.46. The Bertz CT molecular complexity index is 642. The first-order valence-corrected chi connectivity index (χ1v) is 9.63. The molecule has 8 heteroatoms. The van der Waals surface area contributed by atoms with Crippen LogP contribution in [0.25, 0.3) is 0 Å². The lowest BCUT2D eigenvalue weighted by molar-refractivity contribution is 0.0785. The summed E-state index contributed by atoms with van der Waals surface area (Å²) < 4.78 is 36.6. The smallest absolute Gasteiger partial charge is 0.253 e. The van der Waals surface area contributed by atoms with Gasteiger partial charge in [-0.15, -0.1) is 0 Å². The van der Waals surface area contributed by atoms with Crippen LogP contribution in [0.4, 0.5) is 5.69 Å². The van der Waals surface area contributed by atoms with E-state index in [9.17, 15) is 13.2 Å². The lowest BCUT2D eigenvalue weighted by atomic mass is 10.2. The van der Waals surface area contributed by atoms with E-state index >= 15 is 0 Å². The molecule has 1 aromatic carbocycles. The zero-order valence-electron chi connectivity index (χ0n) is 13.9. The molecule has 2 rings (SSSR count). The second kappa shape index (κ2) is 9.00. The summed E-state index contributed by atoms with van der Waals surface area (Å²) in [7, 11) is -1.97. The molecule has 0 unspecified atom stereocenters. The minimum Gasteiger partial charge on any atom is -0.382 e. The van der Waals surface area contributed by atoms with Crippen LogP contribution < -0.4 is 4.72 Å². The summed E-state index contributed by atoms with van der Waals surface area (Å²) in [5.74, 6) is -0.211. The zero-order valence-corrected chi connectivity index (χ0v) is 14.7. The van der Waals surface area contributed by atoms with Crippen LogP contribution in [0.2, 0.25) is 0 Å². The van der Waals surface area contributed by atoms with Crippen LogP contribution in [0.5, 0.6) is 0 Å². The fourth-order valence-corrected chi connectivity index (χ4v) is 3.39. The average molecular weight is 356 g/mol. The Morgan fingerprint density at radius 2 is 1.96 bits per heavy atom. The molecule has 1 aromatic rings. The molecule has 24 heavy (non-hydrogen) atoms. The van der Waals surface area contributed by atoms with E-state index in [0.717, 1.165) is 25.9 Å². The molecule has 1 heterocycles. The Morgan fingerprint density at radius 3 is 2.67 bits per heavy atom. The quantitative estimate of drug-likeness (QED) is 0.675. The summed E-state index contributed by atoms with van der Waals surface area (Å²) in [6.07, 6.45) is 2.03. The molecule has 0 aromatic heterocycles. The highest BCUT2D eigenvalue weighted by Gasteiger charge is 2.20. The number of nitrogens with one attached hydrogen (secondary N) is 1. The third-order valence-corrected chi connectivity index (χ3v) is 4.96. The molecule has 1 saturated heterocycles. The van der Waals surface area contributed by atoms with Gasteiger partial charge in [-0.25, -0.2) is 8.42 Å². The van der Waals surface area contributed by atoms with Gasteiger partial charge in [0.05, 0.1) is 25.6 Å². The standard InChI is InChI=1S/C16H24N2O5S/c1-22-9-10-23-11-12-24(20,21)17-15-6-4-5-14(13-15)16(19)18-7-2-3-8-18/h4-6,13,17H,2-3,7-12H2,1H3. The summed E-state index contributed by atoms with van der Waals surface area (Å²) in [6.45, 7) is 2.38. The molecule has 1 fully saturated rings. The Hall–Kier alpha value is -1.64.